The third-order valence-electron chi connectivity index (χ3n) is 3.32. The molecule has 22 heavy (non-hydrogen) atoms. The van der Waals surface area contributed by atoms with Gasteiger partial charge in [0.1, 0.15) is 16.3 Å². The molecular formula is C16H14Br2Cl2O2. The molecule has 0 aliphatic heterocycles. The van der Waals surface area contributed by atoms with Crippen molar-refractivity contribution < 1.29 is 9.47 Å². The number of alkyl halides is 2. The van der Waals surface area contributed by atoms with E-state index in [9.17, 15) is 0 Å². The Morgan fingerprint density at radius 3 is 1.50 bits per heavy atom. The maximum absolute atomic E-state index is 6.24. The first-order valence-electron chi connectivity index (χ1n) is 6.43. The Morgan fingerprint density at radius 1 is 0.818 bits per heavy atom. The lowest BCUT2D eigenvalue weighted by Gasteiger charge is -2.21. The fraction of sp³-hybridized carbons (Fsp3) is 0.250. The van der Waals surface area contributed by atoms with Crippen LogP contribution < -0.4 is 9.47 Å². The number of halogens is 4. The van der Waals surface area contributed by atoms with E-state index in [4.69, 9.17) is 32.7 Å². The van der Waals surface area contributed by atoms with E-state index in [1.165, 1.54) is 0 Å². The molecule has 0 aliphatic carbocycles. The van der Waals surface area contributed by atoms with Crippen LogP contribution in [0.3, 0.4) is 0 Å². The van der Waals surface area contributed by atoms with Crippen molar-refractivity contribution in [2.75, 3.05) is 14.2 Å². The zero-order chi connectivity index (χ0) is 16.3. The first-order chi connectivity index (χ1) is 10.5. The van der Waals surface area contributed by atoms with Gasteiger partial charge in [0.15, 0.2) is 0 Å². The Balaban J connectivity index is 2.46. The highest BCUT2D eigenvalue weighted by atomic mass is 79.9. The summed E-state index contributed by atoms with van der Waals surface area (Å²) in [5.74, 6) is 1.37. The summed E-state index contributed by atoms with van der Waals surface area (Å²) >= 11 is 19.5. The lowest BCUT2D eigenvalue weighted by Crippen LogP contribution is -2.09. The minimum absolute atomic E-state index is 0.159. The van der Waals surface area contributed by atoms with Gasteiger partial charge in [0, 0.05) is 5.92 Å². The average molecular weight is 469 g/mol. The lowest BCUT2D eigenvalue weighted by atomic mass is 9.92. The van der Waals surface area contributed by atoms with Crippen LogP contribution in [0.5, 0.6) is 11.5 Å². The summed E-state index contributed by atoms with van der Waals surface area (Å²) in [6.45, 7) is 0. The van der Waals surface area contributed by atoms with Gasteiger partial charge in [0.05, 0.1) is 23.2 Å². The Labute approximate surface area is 157 Å². The monoisotopic (exact) mass is 466 g/mol. The highest BCUT2D eigenvalue weighted by Gasteiger charge is 2.23. The number of rotatable bonds is 5. The van der Waals surface area contributed by atoms with Crippen LogP contribution in [0.2, 0.25) is 0 Å². The molecule has 0 radical (unpaired) electrons. The van der Waals surface area contributed by atoms with Crippen molar-refractivity contribution in [3.8, 4) is 11.5 Å². The Bertz CT molecular complexity index is 609. The molecular weight excluding hydrogens is 455 g/mol. The van der Waals surface area contributed by atoms with Crippen LogP contribution >= 0.6 is 55.1 Å². The molecule has 2 aromatic carbocycles. The minimum atomic E-state index is -0.583. The summed E-state index contributed by atoms with van der Waals surface area (Å²) in [5.41, 5.74) is 2.00. The average Bonchev–Trinajstić information content (AvgIpc) is 2.47. The molecule has 0 aromatic heterocycles. The van der Waals surface area contributed by atoms with Crippen molar-refractivity contribution in [3.63, 3.8) is 0 Å². The molecule has 0 saturated heterocycles. The summed E-state index contributed by atoms with van der Waals surface area (Å²) in [7, 11) is 3.26. The van der Waals surface area contributed by atoms with Crippen molar-refractivity contribution in [1.29, 1.82) is 0 Å². The van der Waals surface area contributed by atoms with Gasteiger partial charge in [0.25, 0.3) is 0 Å². The summed E-state index contributed by atoms with van der Waals surface area (Å²) in [5, 5.41) is 0. The molecule has 2 rings (SSSR count). The van der Waals surface area contributed by atoms with Crippen molar-refractivity contribution in [1.82, 2.24) is 0 Å². The van der Waals surface area contributed by atoms with Crippen molar-refractivity contribution in [3.05, 3.63) is 56.5 Å². The predicted molar refractivity (Wildman–Crippen MR) is 98.7 cm³/mol. The molecule has 0 heterocycles. The second-order valence-corrected chi connectivity index (χ2v) is 7.47. The smallest absolute Gasteiger partial charge is 0.133 e. The van der Waals surface area contributed by atoms with Crippen molar-refractivity contribution in [2.24, 2.45) is 0 Å². The van der Waals surface area contributed by atoms with Gasteiger partial charge in [-0.05, 0) is 67.3 Å². The normalized spacial score (nSPS) is 11.1. The van der Waals surface area contributed by atoms with E-state index < -0.39 is 4.84 Å². The van der Waals surface area contributed by atoms with E-state index in [1.807, 2.05) is 36.4 Å². The molecule has 0 bridgehead atoms. The first-order valence-corrected chi connectivity index (χ1v) is 8.88. The molecule has 2 nitrogen and oxygen atoms in total. The largest absolute Gasteiger partial charge is 0.496 e. The molecule has 118 valence electrons. The molecule has 0 aliphatic rings. The highest BCUT2D eigenvalue weighted by Crippen LogP contribution is 2.39. The molecule has 6 heteroatoms. The van der Waals surface area contributed by atoms with Crippen molar-refractivity contribution in [2.45, 2.75) is 10.8 Å². The third-order valence-corrected chi connectivity index (χ3v) is 5.07. The zero-order valence-electron chi connectivity index (χ0n) is 11.9. The fourth-order valence-corrected chi connectivity index (χ4v) is 3.93. The fourth-order valence-electron chi connectivity index (χ4n) is 2.24. The summed E-state index contributed by atoms with van der Waals surface area (Å²) < 4.78 is 12.2. The molecule has 0 spiro atoms. The molecule has 0 N–H and O–H groups in total. The van der Waals surface area contributed by atoms with Crippen LogP contribution in [0.1, 0.15) is 17.0 Å². The standard InChI is InChI=1S/C16H14Br2Cl2O2/c1-21-13-5-3-9(7-11(13)17)15(16(19)20)10-4-6-14(22-2)12(18)8-10/h3-8,15-16H,1-2H3. The van der Waals surface area contributed by atoms with Crippen LogP contribution in [0.4, 0.5) is 0 Å². The molecule has 0 unspecified atom stereocenters. The van der Waals surface area contributed by atoms with Crippen LogP contribution in [0.15, 0.2) is 45.3 Å². The SMILES string of the molecule is COc1ccc(C(c2ccc(OC)c(Br)c2)C(Cl)Cl)cc1Br. The molecule has 0 atom stereocenters. The number of hydrogen-bond donors (Lipinski definition) is 0. The van der Waals surface area contributed by atoms with E-state index in [1.54, 1.807) is 14.2 Å². The number of methoxy groups -OCH3 is 2. The molecule has 2 aromatic rings. The summed E-state index contributed by atoms with van der Waals surface area (Å²) in [4.78, 5) is -0.583. The van der Waals surface area contributed by atoms with E-state index in [2.05, 4.69) is 31.9 Å². The van der Waals surface area contributed by atoms with E-state index in [0.717, 1.165) is 31.6 Å². The van der Waals surface area contributed by atoms with Crippen molar-refractivity contribution >= 4 is 55.1 Å². The van der Waals surface area contributed by atoms with E-state index >= 15 is 0 Å². The zero-order valence-corrected chi connectivity index (χ0v) is 16.6. The number of ether oxygens (including phenoxy) is 2. The number of benzene rings is 2. The topological polar surface area (TPSA) is 18.5 Å². The quantitative estimate of drug-likeness (QED) is 0.489. The van der Waals surface area contributed by atoms with Gasteiger partial charge in [-0.15, -0.1) is 23.2 Å². The summed E-state index contributed by atoms with van der Waals surface area (Å²) in [6, 6.07) is 11.6. The Kier molecular flexibility index (Phi) is 6.45. The van der Waals surface area contributed by atoms with Gasteiger partial charge >= 0.3 is 0 Å². The predicted octanol–water partition coefficient (Wildman–Crippen LogP) is 6.16. The minimum Gasteiger partial charge on any atom is -0.496 e. The van der Waals surface area contributed by atoms with Gasteiger partial charge in [-0.2, -0.15) is 0 Å². The van der Waals surface area contributed by atoms with Crippen LogP contribution in [0, 0.1) is 0 Å². The van der Waals surface area contributed by atoms with Crippen LogP contribution in [-0.2, 0) is 0 Å². The second-order valence-electron chi connectivity index (χ2n) is 4.60. The van der Waals surface area contributed by atoms with E-state index in [-0.39, 0.29) is 5.92 Å². The summed E-state index contributed by atoms with van der Waals surface area (Å²) in [6.07, 6.45) is 0. The highest BCUT2D eigenvalue weighted by molar-refractivity contribution is 9.10. The van der Waals surface area contributed by atoms with Crippen LogP contribution in [0.25, 0.3) is 0 Å². The number of hydrogen-bond acceptors (Lipinski definition) is 2. The maximum atomic E-state index is 6.24. The van der Waals surface area contributed by atoms with E-state index in [0.29, 0.717) is 0 Å². The van der Waals surface area contributed by atoms with Gasteiger partial charge in [-0.1, -0.05) is 12.1 Å². The van der Waals surface area contributed by atoms with Crippen LogP contribution in [-0.4, -0.2) is 19.1 Å². The van der Waals surface area contributed by atoms with Gasteiger partial charge in [0.2, 0.25) is 0 Å². The van der Waals surface area contributed by atoms with Gasteiger partial charge in [-0.25, -0.2) is 0 Å². The maximum Gasteiger partial charge on any atom is 0.133 e. The molecule has 0 saturated carbocycles. The molecule has 0 fully saturated rings. The Morgan fingerprint density at radius 2 is 1.23 bits per heavy atom. The second kappa shape index (κ2) is 7.91. The first kappa shape index (κ1) is 17.9. The molecule has 0 amide bonds. The third kappa shape index (κ3) is 3.91. The lowest BCUT2D eigenvalue weighted by molar-refractivity contribution is 0.411. The van der Waals surface area contributed by atoms with Gasteiger partial charge < -0.3 is 9.47 Å². The Hall–Kier alpha value is -0.420. The van der Waals surface area contributed by atoms with Gasteiger partial charge in [-0.3, -0.25) is 0 Å².